The van der Waals surface area contributed by atoms with Gasteiger partial charge in [0.25, 0.3) is 0 Å². The van der Waals surface area contributed by atoms with E-state index in [1.54, 1.807) is 0 Å². The average molecular weight is 116 g/mol. The molecule has 0 bridgehead atoms. The lowest BCUT2D eigenvalue weighted by Crippen LogP contribution is -2.21. The van der Waals surface area contributed by atoms with Crippen molar-refractivity contribution >= 4 is 13.1 Å². The van der Waals surface area contributed by atoms with E-state index < -0.39 is 0 Å². The average Bonchev–Trinajstić information content (AvgIpc) is 2.33. The Labute approximate surface area is 54.8 Å². The number of allylic oxidation sites excluding steroid dienone is 3. The Balaban J connectivity index is 2.40. The van der Waals surface area contributed by atoms with Gasteiger partial charge in [-0.2, -0.15) is 0 Å². The summed E-state index contributed by atoms with van der Waals surface area (Å²) in [5.74, 6) is 4.33. The molecule has 0 amide bonds. The highest BCUT2D eigenvalue weighted by Gasteiger charge is 2.26. The van der Waals surface area contributed by atoms with Crippen molar-refractivity contribution in [2.75, 3.05) is 0 Å². The summed E-state index contributed by atoms with van der Waals surface area (Å²) in [6.45, 7) is 0.495. The molecule has 2 rings (SSSR count). The molecule has 0 aromatic rings. The molecule has 0 aromatic carbocycles. The second kappa shape index (κ2) is 1.73. The van der Waals surface area contributed by atoms with Crippen molar-refractivity contribution in [1.82, 2.24) is 0 Å². The van der Waals surface area contributed by atoms with Gasteiger partial charge in [0, 0.05) is 0 Å². The monoisotopic (exact) mass is 116 g/mol. The van der Waals surface area contributed by atoms with Gasteiger partial charge in [0.05, 0.1) is 0 Å². The highest BCUT2D eigenvalue weighted by molar-refractivity contribution is 6.63. The number of nitrogens with zero attached hydrogens (tertiary/aromatic N) is 1. The molecular formula is C7H7BN+. The summed E-state index contributed by atoms with van der Waals surface area (Å²) in [7, 11) is 0. The first kappa shape index (κ1) is 4.80. The Bertz CT molecular complexity index is 235. The maximum atomic E-state index is 2.17. The van der Waals surface area contributed by atoms with Gasteiger partial charge in [0.1, 0.15) is 12.4 Å². The summed E-state index contributed by atoms with van der Waals surface area (Å²) in [5.41, 5.74) is 0. The third-order valence-electron chi connectivity index (χ3n) is 1.59. The maximum absolute atomic E-state index is 2.17. The fourth-order valence-corrected chi connectivity index (χ4v) is 1.10. The molecule has 0 radical (unpaired) electrons. The van der Waals surface area contributed by atoms with E-state index >= 15 is 0 Å². The number of fused-ring (bicyclic) bond motifs is 1. The van der Waals surface area contributed by atoms with Gasteiger partial charge >= 0.3 is 6.85 Å². The fraction of sp³-hybridized carbons (Fsp3) is 0. The zero-order valence-electron chi connectivity index (χ0n) is 5.07. The van der Waals surface area contributed by atoms with Crippen molar-refractivity contribution < 1.29 is 4.49 Å². The molecule has 0 unspecified atom stereocenters. The second-order valence-corrected chi connectivity index (χ2v) is 2.20. The van der Waals surface area contributed by atoms with Gasteiger partial charge in [-0.05, 0) is 24.1 Å². The summed E-state index contributed by atoms with van der Waals surface area (Å²) in [6, 6.07) is 0. The zero-order chi connectivity index (χ0) is 6.10. The second-order valence-electron chi connectivity index (χ2n) is 2.20. The van der Waals surface area contributed by atoms with Gasteiger partial charge in [-0.3, -0.25) is 4.49 Å². The van der Waals surface area contributed by atoms with Crippen LogP contribution in [0.25, 0.3) is 0 Å². The van der Waals surface area contributed by atoms with Crippen LogP contribution in [-0.4, -0.2) is 17.5 Å². The van der Waals surface area contributed by atoms with Gasteiger partial charge < -0.3 is 0 Å². The van der Waals surface area contributed by atoms with E-state index in [1.165, 1.54) is 0 Å². The van der Waals surface area contributed by atoms with Crippen molar-refractivity contribution in [2.24, 2.45) is 0 Å². The Morgan fingerprint density at radius 1 is 1.00 bits per heavy atom. The van der Waals surface area contributed by atoms with Crippen LogP contribution in [0.15, 0.2) is 36.4 Å². The van der Waals surface area contributed by atoms with Crippen molar-refractivity contribution in [2.45, 2.75) is 0 Å². The Morgan fingerprint density at radius 3 is 2.78 bits per heavy atom. The summed E-state index contributed by atoms with van der Waals surface area (Å²) in [6.07, 6.45) is 10.3. The molecule has 0 aromatic heterocycles. The molecular weight excluding hydrogens is 109 g/mol. The van der Waals surface area contributed by atoms with Gasteiger partial charge in [-0.15, -0.1) is 0 Å². The molecule has 42 valence electrons. The first-order chi connectivity index (χ1) is 4.47. The van der Waals surface area contributed by atoms with Crippen LogP contribution in [0.5, 0.6) is 0 Å². The number of rotatable bonds is 0. The van der Waals surface area contributed by atoms with Crippen LogP contribution in [0, 0.1) is 0 Å². The molecule has 0 N–H and O–H groups in total. The molecule has 9 heavy (non-hydrogen) atoms. The van der Waals surface area contributed by atoms with Gasteiger partial charge in [-0.1, -0.05) is 6.08 Å². The van der Waals surface area contributed by atoms with Gasteiger partial charge in [-0.25, -0.2) is 0 Å². The largest absolute Gasteiger partial charge is 0.544 e. The smallest absolute Gasteiger partial charge is 0.283 e. The topological polar surface area (TPSA) is 3.01 Å². The van der Waals surface area contributed by atoms with E-state index in [9.17, 15) is 0 Å². The summed E-state index contributed by atoms with van der Waals surface area (Å²) in [4.78, 5) is 0. The predicted octanol–water partition coefficient (Wildman–Crippen LogP) is 0.793. The summed E-state index contributed by atoms with van der Waals surface area (Å²) >= 11 is 0. The van der Waals surface area contributed by atoms with Crippen molar-refractivity contribution in [3.63, 3.8) is 0 Å². The SMILES string of the molecule is C1=CB2C=CC=[N+]2C=C1. The molecule has 0 fully saturated rings. The molecule has 2 aliphatic rings. The lowest BCUT2D eigenvalue weighted by Gasteiger charge is -1.96. The summed E-state index contributed by atoms with van der Waals surface area (Å²) in [5, 5.41) is 0. The zero-order valence-corrected chi connectivity index (χ0v) is 5.07. The maximum Gasteiger partial charge on any atom is 0.544 e. The normalized spacial score (nSPS) is 20.4. The molecule has 0 aliphatic carbocycles. The lowest BCUT2D eigenvalue weighted by atomic mass is 9.62. The molecule has 0 spiro atoms. The number of hydrogen-bond donors (Lipinski definition) is 0. The Morgan fingerprint density at radius 2 is 1.89 bits per heavy atom. The minimum atomic E-state index is 0.495. The number of hydrogen-bond acceptors (Lipinski definition) is 0. The van der Waals surface area contributed by atoms with Gasteiger partial charge in [0.15, 0.2) is 0 Å². The quantitative estimate of drug-likeness (QED) is 0.411. The van der Waals surface area contributed by atoms with E-state index in [0.29, 0.717) is 6.85 Å². The first-order valence-corrected chi connectivity index (χ1v) is 3.11. The highest BCUT2D eigenvalue weighted by Crippen LogP contribution is 2.02. The van der Waals surface area contributed by atoms with Crippen molar-refractivity contribution in [3.05, 3.63) is 36.4 Å². The molecule has 0 saturated carbocycles. The third-order valence-corrected chi connectivity index (χ3v) is 1.59. The van der Waals surface area contributed by atoms with Crippen LogP contribution in [-0.2, 0) is 0 Å². The first-order valence-electron chi connectivity index (χ1n) is 3.11. The standard InChI is InChI=1S/C7H7BN/c1-2-6-9-7-3-5-8(9)4-1/h1-7H/q+1. The van der Waals surface area contributed by atoms with E-state index in [1.807, 2.05) is 6.08 Å². The lowest BCUT2D eigenvalue weighted by molar-refractivity contribution is -0.292. The van der Waals surface area contributed by atoms with E-state index in [2.05, 4.69) is 41.0 Å². The molecule has 2 heterocycles. The van der Waals surface area contributed by atoms with Crippen LogP contribution >= 0.6 is 0 Å². The summed E-state index contributed by atoms with van der Waals surface area (Å²) < 4.78 is 2.17. The minimum absolute atomic E-state index is 0.495. The van der Waals surface area contributed by atoms with E-state index in [-0.39, 0.29) is 0 Å². The van der Waals surface area contributed by atoms with Crippen molar-refractivity contribution in [3.8, 4) is 0 Å². The fourth-order valence-electron chi connectivity index (χ4n) is 1.10. The van der Waals surface area contributed by atoms with Crippen LogP contribution in [0.1, 0.15) is 0 Å². The van der Waals surface area contributed by atoms with Crippen molar-refractivity contribution in [1.29, 1.82) is 0 Å². The van der Waals surface area contributed by atoms with Crippen LogP contribution < -0.4 is 0 Å². The molecule has 1 nitrogen and oxygen atoms in total. The molecule has 2 heteroatoms. The molecule has 0 saturated heterocycles. The van der Waals surface area contributed by atoms with Crippen LogP contribution in [0.4, 0.5) is 0 Å². The Hall–Kier alpha value is -1.05. The molecule has 2 aliphatic heterocycles. The molecule has 0 atom stereocenters. The Kier molecular flexibility index (Phi) is 0.920. The van der Waals surface area contributed by atoms with E-state index in [0.717, 1.165) is 0 Å². The predicted molar refractivity (Wildman–Crippen MR) is 39.5 cm³/mol. The van der Waals surface area contributed by atoms with E-state index in [4.69, 9.17) is 0 Å². The minimum Gasteiger partial charge on any atom is -0.283 e. The van der Waals surface area contributed by atoms with Crippen LogP contribution in [0.2, 0.25) is 0 Å². The third kappa shape index (κ3) is 0.671. The van der Waals surface area contributed by atoms with Gasteiger partial charge in [0.2, 0.25) is 0 Å². The highest BCUT2D eigenvalue weighted by atomic mass is 14.9. The van der Waals surface area contributed by atoms with Crippen LogP contribution in [0.3, 0.4) is 0 Å².